The van der Waals surface area contributed by atoms with Crippen molar-refractivity contribution in [3.05, 3.63) is 23.8 Å². The number of benzene rings is 1. The predicted octanol–water partition coefficient (Wildman–Crippen LogP) is 1.11. The molecule has 1 aromatic carbocycles. The normalized spacial score (nSPS) is 18.8. The van der Waals surface area contributed by atoms with Crippen molar-refractivity contribution in [1.82, 2.24) is 0 Å². The van der Waals surface area contributed by atoms with Crippen molar-refractivity contribution >= 4 is 17.3 Å². The Kier molecular flexibility index (Phi) is 4.27. The van der Waals surface area contributed by atoms with Crippen LogP contribution < -0.4 is 16.4 Å². The van der Waals surface area contributed by atoms with E-state index in [1.807, 2.05) is 6.07 Å². The van der Waals surface area contributed by atoms with Gasteiger partial charge in [-0.25, -0.2) is 0 Å². The lowest BCUT2D eigenvalue weighted by molar-refractivity contribution is 0.100. The van der Waals surface area contributed by atoms with Gasteiger partial charge < -0.3 is 21.5 Å². The first kappa shape index (κ1) is 13.7. The van der Waals surface area contributed by atoms with Crippen LogP contribution in [0.3, 0.4) is 0 Å². The van der Waals surface area contributed by atoms with E-state index < -0.39 is 5.91 Å². The first-order valence-corrected chi connectivity index (χ1v) is 6.70. The molecule has 1 unspecified atom stereocenters. The predicted molar refractivity (Wildman–Crippen MR) is 76.1 cm³/mol. The maximum Gasteiger partial charge on any atom is 0.250 e. The molecule has 1 amide bonds. The number of nitrogens with two attached hydrogens (primary N) is 2. The molecule has 1 aliphatic rings. The number of hydrogen-bond donors (Lipinski definition) is 3. The second-order valence-electron chi connectivity index (χ2n) is 4.99. The summed E-state index contributed by atoms with van der Waals surface area (Å²) in [6.07, 6.45) is 4.02. The Hall–Kier alpha value is -1.75. The van der Waals surface area contributed by atoms with Crippen LogP contribution in [0.5, 0.6) is 0 Å². The molecule has 5 N–H and O–H groups in total. The summed E-state index contributed by atoms with van der Waals surface area (Å²) in [4.78, 5) is 13.6. The van der Waals surface area contributed by atoms with Gasteiger partial charge in [-0.05, 0) is 43.9 Å². The van der Waals surface area contributed by atoms with E-state index in [9.17, 15) is 4.79 Å². The quantitative estimate of drug-likeness (QED) is 0.694. The number of aliphatic hydroxyl groups is 1. The summed E-state index contributed by atoms with van der Waals surface area (Å²) in [5, 5.41) is 8.94. The number of carbonyl (C=O) groups excluding carboxylic acids is 1. The molecule has 0 spiro atoms. The lowest BCUT2D eigenvalue weighted by Crippen LogP contribution is -2.29. The molecule has 19 heavy (non-hydrogen) atoms. The van der Waals surface area contributed by atoms with Crippen LogP contribution >= 0.6 is 0 Å². The molecule has 104 valence electrons. The first-order chi connectivity index (χ1) is 9.13. The number of rotatable bonds is 5. The summed E-state index contributed by atoms with van der Waals surface area (Å²) >= 11 is 0. The van der Waals surface area contributed by atoms with Crippen molar-refractivity contribution in [2.24, 2.45) is 5.73 Å². The molecule has 0 bridgehead atoms. The van der Waals surface area contributed by atoms with E-state index >= 15 is 0 Å². The van der Waals surface area contributed by atoms with Gasteiger partial charge in [0, 0.05) is 30.6 Å². The van der Waals surface area contributed by atoms with Crippen molar-refractivity contribution in [2.45, 2.75) is 31.7 Å². The van der Waals surface area contributed by atoms with E-state index in [1.54, 1.807) is 12.1 Å². The molecule has 1 fully saturated rings. The Labute approximate surface area is 113 Å². The fourth-order valence-electron chi connectivity index (χ4n) is 2.74. The Balaban J connectivity index is 2.20. The molecule has 1 aliphatic heterocycles. The summed E-state index contributed by atoms with van der Waals surface area (Å²) in [6.45, 7) is 1.19. The van der Waals surface area contributed by atoms with Gasteiger partial charge in [-0.3, -0.25) is 4.79 Å². The average Bonchev–Trinajstić information content (AvgIpc) is 2.85. The van der Waals surface area contributed by atoms with E-state index in [1.165, 1.54) is 0 Å². The molecule has 0 radical (unpaired) electrons. The van der Waals surface area contributed by atoms with Gasteiger partial charge in [-0.1, -0.05) is 0 Å². The summed E-state index contributed by atoms with van der Waals surface area (Å²) < 4.78 is 0. The fraction of sp³-hybridized carbons (Fsp3) is 0.500. The second-order valence-corrected chi connectivity index (χ2v) is 4.99. The fourth-order valence-corrected chi connectivity index (χ4v) is 2.74. The average molecular weight is 263 g/mol. The van der Waals surface area contributed by atoms with Gasteiger partial charge in [0.25, 0.3) is 5.91 Å². The van der Waals surface area contributed by atoms with Gasteiger partial charge in [-0.2, -0.15) is 0 Å². The Morgan fingerprint density at radius 1 is 1.47 bits per heavy atom. The summed E-state index contributed by atoms with van der Waals surface area (Å²) in [5.41, 5.74) is 12.9. The molecule has 1 atom stereocenters. The number of nitrogen functional groups attached to an aromatic ring is 1. The van der Waals surface area contributed by atoms with Gasteiger partial charge in [-0.15, -0.1) is 0 Å². The van der Waals surface area contributed by atoms with Crippen LogP contribution in [0, 0.1) is 0 Å². The summed E-state index contributed by atoms with van der Waals surface area (Å²) in [6, 6.07) is 5.86. The molecule has 5 nitrogen and oxygen atoms in total. The highest BCUT2D eigenvalue weighted by molar-refractivity contribution is 5.99. The van der Waals surface area contributed by atoms with Gasteiger partial charge in [0.2, 0.25) is 0 Å². The number of carbonyl (C=O) groups is 1. The molecule has 1 heterocycles. The van der Waals surface area contributed by atoms with Crippen LogP contribution in [0.4, 0.5) is 11.4 Å². The smallest absolute Gasteiger partial charge is 0.250 e. The largest absolute Gasteiger partial charge is 0.398 e. The molecular weight excluding hydrogens is 242 g/mol. The van der Waals surface area contributed by atoms with Gasteiger partial charge in [0.1, 0.15) is 0 Å². The summed E-state index contributed by atoms with van der Waals surface area (Å²) in [7, 11) is 0. The Bertz CT molecular complexity index is 462. The van der Waals surface area contributed by atoms with Gasteiger partial charge >= 0.3 is 0 Å². The zero-order chi connectivity index (χ0) is 13.8. The van der Waals surface area contributed by atoms with Crippen molar-refractivity contribution in [3.8, 4) is 0 Å². The zero-order valence-electron chi connectivity index (χ0n) is 11.0. The van der Waals surface area contributed by atoms with Crippen molar-refractivity contribution in [1.29, 1.82) is 0 Å². The van der Waals surface area contributed by atoms with E-state index in [-0.39, 0.29) is 6.61 Å². The van der Waals surface area contributed by atoms with Gasteiger partial charge in [0.15, 0.2) is 0 Å². The third kappa shape index (κ3) is 2.98. The SMILES string of the molecule is NC(=O)c1cc(N2CCCC2CCCO)ccc1N. The van der Waals surface area contributed by atoms with Crippen LogP contribution in [0.2, 0.25) is 0 Å². The van der Waals surface area contributed by atoms with Gasteiger partial charge in [0.05, 0.1) is 5.56 Å². The third-order valence-electron chi connectivity index (χ3n) is 3.71. The van der Waals surface area contributed by atoms with Crippen LogP contribution in [0.25, 0.3) is 0 Å². The zero-order valence-corrected chi connectivity index (χ0v) is 11.0. The van der Waals surface area contributed by atoms with E-state index in [4.69, 9.17) is 16.6 Å². The molecule has 0 aromatic heterocycles. The summed E-state index contributed by atoms with van der Waals surface area (Å²) in [5.74, 6) is -0.495. The Morgan fingerprint density at radius 3 is 2.95 bits per heavy atom. The topological polar surface area (TPSA) is 92.6 Å². The lowest BCUT2D eigenvalue weighted by atomic mass is 10.1. The molecule has 0 aliphatic carbocycles. The molecule has 5 heteroatoms. The lowest BCUT2D eigenvalue weighted by Gasteiger charge is -2.27. The maximum atomic E-state index is 11.3. The molecule has 1 saturated heterocycles. The second kappa shape index (κ2) is 5.93. The van der Waals surface area contributed by atoms with Crippen LogP contribution in [0.15, 0.2) is 18.2 Å². The van der Waals surface area contributed by atoms with E-state index in [0.717, 1.165) is 37.9 Å². The number of primary amides is 1. The van der Waals surface area contributed by atoms with Crippen molar-refractivity contribution < 1.29 is 9.90 Å². The van der Waals surface area contributed by atoms with Crippen molar-refractivity contribution in [3.63, 3.8) is 0 Å². The van der Waals surface area contributed by atoms with E-state index in [0.29, 0.717) is 17.3 Å². The first-order valence-electron chi connectivity index (χ1n) is 6.70. The number of amides is 1. The maximum absolute atomic E-state index is 11.3. The Morgan fingerprint density at radius 2 is 2.26 bits per heavy atom. The van der Waals surface area contributed by atoms with E-state index in [2.05, 4.69) is 4.90 Å². The number of anilines is 2. The number of nitrogens with zero attached hydrogens (tertiary/aromatic N) is 1. The number of hydrogen-bond acceptors (Lipinski definition) is 4. The van der Waals surface area contributed by atoms with Crippen LogP contribution in [-0.4, -0.2) is 30.2 Å². The highest BCUT2D eigenvalue weighted by Crippen LogP contribution is 2.30. The highest BCUT2D eigenvalue weighted by atomic mass is 16.2. The van der Waals surface area contributed by atoms with Crippen molar-refractivity contribution in [2.75, 3.05) is 23.8 Å². The number of aliphatic hydroxyl groups excluding tert-OH is 1. The minimum absolute atomic E-state index is 0.221. The minimum atomic E-state index is -0.495. The molecule has 0 saturated carbocycles. The monoisotopic (exact) mass is 263 g/mol. The minimum Gasteiger partial charge on any atom is -0.398 e. The standard InChI is InChI=1S/C14H21N3O2/c15-13-6-5-11(9-12(13)14(16)19)17-7-1-3-10(17)4-2-8-18/h5-6,9-10,18H,1-4,7-8,15H2,(H2,16,19). The molecule has 1 aromatic rings. The molecule has 2 rings (SSSR count). The van der Waals surface area contributed by atoms with Crippen LogP contribution in [-0.2, 0) is 0 Å². The van der Waals surface area contributed by atoms with Crippen LogP contribution in [0.1, 0.15) is 36.0 Å². The third-order valence-corrected chi connectivity index (χ3v) is 3.71. The highest BCUT2D eigenvalue weighted by Gasteiger charge is 2.24. The molecular formula is C14H21N3O2.